The summed E-state index contributed by atoms with van der Waals surface area (Å²) in [6, 6.07) is 10.5. The highest BCUT2D eigenvalue weighted by Gasteiger charge is 2.23. The average molecular weight is 284 g/mol. The van der Waals surface area contributed by atoms with Crippen molar-refractivity contribution in [3.8, 4) is 0 Å². The van der Waals surface area contributed by atoms with E-state index in [0.717, 1.165) is 5.56 Å². The topological polar surface area (TPSA) is 17.1 Å². The van der Waals surface area contributed by atoms with Crippen LogP contribution in [0.15, 0.2) is 36.4 Å². The number of carbonyl (C=O) groups excluding carboxylic acids is 1. The van der Waals surface area contributed by atoms with E-state index in [2.05, 4.69) is 20.8 Å². The second-order valence-corrected chi connectivity index (χ2v) is 6.54. The predicted octanol–water partition coefficient (Wildman–Crippen LogP) is 4.97. The van der Waals surface area contributed by atoms with E-state index >= 15 is 0 Å². The van der Waals surface area contributed by atoms with Gasteiger partial charge in [0.1, 0.15) is 5.82 Å². The Morgan fingerprint density at radius 2 is 1.52 bits per heavy atom. The maximum atomic E-state index is 13.4. The number of carbonyl (C=O) groups is 1. The molecule has 0 bridgehead atoms. The molecule has 0 aromatic heterocycles. The van der Waals surface area contributed by atoms with Crippen molar-refractivity contribution in [3.05, 3.63) is 70.0 Å². The van der Waals surface area contributed by atoms with Gasteiger partial charge in [-0.25, -0.2) is 4.39 Å². The van der Waals surface area contributed by atoms with E-state index in [9.17, 15) is 9.18 Å². The summed E-state index contributed by atoms with van der Waals surface area (Å²) in [7, 11) is 0. The van der Waals surface area contributed by atoms with Crippen LogP contribution in [-0.2, 0) is 5.41 Å². The number of benzene rings is 2. The second-order valence-electron chi connectivity index (χ2n) is 6.54. The van der Waals surface area contributed by atoms with Crippen LogP contribution in [-0.4, -0.2) is 5.78 Å². The molecule has 0 amide bonds. The first-order valence-corrected chi connectivity index (χ1v) is 7.13. The van der Waals surface area contributed by atoms with E-state index in [1.165, 1.54) is 12.1 Å². The van der Waals surface area contributed by atoms with Crippen molar-refractivity contribution in [2.45, 2.75) is 40.0 Å². The Morgan fingerprint density at radius 1 is 1.00 bits per heavy atom. The summed E-state index contributed by atoms with van der Waals surface area (Å²) in [5.74, 6) is -0.332. The molecule has 2 heteroatoms. The number of halogens is 1. The molecule has 0 heterocycles. The molecule has 0 radical (unpaired) electrons. The zero-order chi connectivity index (χ0) is 15.8. The molecule has 0 N–H and O–H groups in total. The van der Waals surface area contributed by atoms with Crippen molar-refractivity contribution in [2.24, 2.45) is 0 Å². The quantitative estimate of drug-likeness (QED) is 0.711. The van der Waals surface area contributed by atoms with Crippen LogP contribution in [0.25, 0.3) is 0 Å². The molecule has 21 heavy (non-hydrogen) atoms. The number of rotatable bonds is 2. The van der Waals surface area contributed by atoms with Crippen LogP contribution in [0.4, 0.5) is 4.39 Å². The van der Waals surface area contributed by atoms with Crippen molar-refractivity contribution >= 4 is 5.78 Å². The summed E-state index contributed by atoms with van der Waals surface area (Å²) in [5, 5.41) is 0. The highest BCUT2D eigenvalue weighted by Crippen LogP contribution is 2.29. The Bertz CT molecular complexity index is 670. The molecular formula is C19H21FO. The zero-order valence-corrected chi connectivity index (χ0v) is 13.3. The fourth-order valence-corrected chi connectivity index (χ4v) is 2.74. The predicted molar refractivity (Wildman–Crippen MR) is 84.4 cm³/mol. The molecule has 0 aliphatic heterocycles. The first kappa shape index (κ1) is 15.4. The van der Waals surface area contributed by atoms with Gasteiger partial charge in [0.15, 0.2) is 5.78 Å². The van der Waals surface area contributed by atoms with Gasteiger partial charge in [0.05, 0.1) is 0 Å². The third-order valence-electron chi connectivity index (χ3n) is 3.70. The standard InChI is InChI=1S/C19H21FO/c1-12-10-14(20)11-13(2)17(12)18(21)15-8-6-7-9-16(15)19(3,4)5/h6-11H,1-5H3. The fraction of sp³-hybridized carbons (Fsp3) is 0.316. The lowest BCUT2D eigenvalue weighted by Crippen LogP contribution is -2.18. The Morgan fingerprint density at radius 3 is 2.05 bits per heavy atom. The molecule has 0 fully saturated rings. The van der Waals surface area contributed by atoms with E-state index in [-0.39, 0.29) is 17.0 Å². The minimum Gasteiger partial charge on any atom is -0.289 e. The molecule has 0 saturated heterocycles. The third-order valence-corrected chi connectivity index (χ3v) is 3.70. The van der Waals surface area contributed by atoms with Gasteiger partial charge in [0.25, 0.3) is 0 Å². The van der Waals surface area contributed by atoms with E-state index < -0.39 is 0 Å². The van der Waals surface area contributed by atoms with Gasteiger partial charge in [-0.2, -0.15) is 0 Å². The van der Waals surface area contributed by atoms with Crippen molar-refractivity contribution < 1.29 is 9.18 Å². The van der Waals surface area contributed by atoms with Crippen LogP contribution in [0, 0.1) is 19.7 Å². The van der Waals surface area contributed by atoms with Crippen LogP contribution < -0.4 is 0 Å². The largest absolute Gasteiger partial charge is 0.289 e. The first-order chi connectivity index (χ1) is 9.71. The number of hydrogen-bond acceptors (Lipinski definition) is 1. The lowest BCUT2D eigenvalue weighted by Gasteiger charge is -2.23. The van der Waals surface area contributed by atoms with E-state index in [1.807, 2.05) is 24.3 Å². The van der Waals surface area contributed by atoms with Gasteiger partial charge < -0.3 is 0 Å². The van der Waals surface area contributed by atoms with Crippen molar-refractivity contribution in [1.82, 2.24) is 0 Å². The minimum absolute atomic E-state index is 0.0319. The average Bonchev–Trinajstić information content (AvgIpc) is 2.36. The van der Waals surface area contributed by atoms with Gasteiger partial charge in [-0.1, -0.05) is 45.0 Å². The Hall–Kier alpha value is -1.96. The van der Waals surface area contributed by atoms with E-state index in [1.54, 1.807) is 13.8 Å². The Kier molecular flexibility index (Phi) is 3.99. The molecule has 0 spiro atoms. The Balaban J connectivity index is 2.62. The molecule has 0 saturated carbocycles. The van der Waals surface area contributed by atoms with E-state index in [4.69, 9.17) is 0 Å². The van der Waals surface area contributed by atoms with Crippen LogP contribution in [0.1, 0.15) is 53.4 Å². The lowest BCUT2D eigenvalue weighted by molar-refractivity contribution is 0.103. The van der Waals surface area contributed by atoms with Gasteiger partial charge in [0.2, 0.25) is 0 Å². The van der Waals surface area contributed by atoms with E-state index in [0.29, 0.717) is 22.3 Å². The van der Waals surface area contributed by atoms with Crippen molar-refractivity contribution in [1.29, 1.82) is 0 Å². The van der Waals surface area contributed by atoms with Gasteiger partial charge >= 0.3 is 0 Å². The second kappa shape index (κ2) is 5.44. The smallest absolute Gasteiger partial charge is 0.193 e. The highest BCUT2D eigenvalue weighted by atomic mass is 19.1. The molecule has 2 aromatic carbocycles. The van der Waals surface area contributed by atoms with Crippen LogP contribution in [0.2, 0.25) is 0 Å². The third kappa shape index (κ3) is 3.05. The molecule has 0 aliphatic carbocycles. The van der Waals surface area contributed by atoms with Gasteiger partial charge in [-0.3, -0.25) is 4.79 Å². The first-order valence-electron chi connectivity index (χ1n) is 7.13. The zero-order valence-electron chi connectivity index (χ0n) is 13.3. The van der Waals surface area contributed by atoms with Crippen molar-refractivity contribution in [2.75, 3.05) is 0 Å². The summed E-state index contributed by atoms with van der Waals surface area (Å²) in [5.41, 5.74) is 3.56. The van der Waals surface area contributed by atoms with Crippen LogP contribution in [0.5, 0.6) is 0 Å². The highest BCUT2D eigenvalue weighted by molar-refractivity contribution is 6.11. The molecule has 0 atom stereocenters. The monoisotopic (exact) mass is 284 g/mol. The Labute approximate surface area is 125 Å². The normalized spacial score (nSPS) is 11.5. The molecular weight excluding hydrogens is 263 g/mol. The molecule has 0 aliphatic rings. The minimum atomic E-state index is -0.300. The maximum Gasteiger partial charge on any atom is 0.193 e. The van der Waals surface area contributed by atoms with Gasteiger partial charge in [-0.15, -0.1) is 0 Å². The number of aryl methyl sites for hydroxylation is 2. The van der Waals surface area contributed by atoms with Gasteiger partial charge in [0, 0.05) is 11.1 Å². The molecule has 0 unspecified atom stereocenters. The summed E-state index contributed by atoms with van der Waals surface area (Å²) in [6.07, 6.45) is 0. The maximum absolute atomic E-state index is 13.4. The van der Waals surface area contributed by atoms with Crippen LogP contribution >= 0.6 is 0 Å². The number of ketones is 1. The fourth-order valence-electron chi connectivity index (χ4n) is 2.74. The SMILES string of the molecule is Cc1cc(F)cc(C)c1C(=O)c1ccccc1C(C)(C)C. The van der Waals surface area contributed by atoms with Crippen molar-refractivity contribution in [3.63, 3.8) is 0 Å². The summed E-state index contributed by atoms with van der Waals surface area (Å²) in [4.78, 5) is 12.9. The molecule has 2 rings (SSSR count). The van der Waals surface area contributed by atoms with Crippen LogP contribution in [0.3, 0.4) is 0 Å². The molecule has 2 aromatic rings. The lowest BCUT2D eigenvalue weighted by atomic mass is 9.81. The molecule has 110 valence electrons. The van der Waals surface area contributed by atoms with Gasteiger partial charge in [-0.05, 0) is 48.1 Å². The number of hydrogen-bond donors (Lipinski definition) is 0. The molecule has 1 nitrogen and oxygen atoms in total. The summed E-state index contributed by atoms with van der Waals surface area (Å²) in [6.45, 7) is 9.82. The summed E-state index contributed by atoms with van der Waals surface area (Å²) < 4.78 is 13.4. The summed E-state index contributed by atoms with van der Waals surface area (Å²) >= 11 is 0.